The lowest BCUT2D eigenvalue weighted by atomic mass is 10.1. The number of para-hydroxylation sites is 1. The van der Waals surface area contributed by atoms with Gasteiger partial charge >= 0.3 is 0 Å². The summed E-state index contributed by atoms with van der Waals surface area (Å²) in [4.78, 5) is 0. The summed E-state index contributed by atoms with van der Waals surface area (Å²) in [6.45, 7) is 7.08. The third-order valence-corrected chi connectivity index (χ3v) is 5.20. The average molecular weight is 268 g/mol. The van der Waals surface area contributed by atoms with Gasteiger partial charge in [0.15, 0.2) is 0 Å². The van der Waals surface area contributed by atoms with Crippen LogP contribution in [0.15, 0.2) is 18.2 Å². The lowest BCUT2D eigenvalue weighted by molar-refractivity contribution is 0.585. The molecule has 100 valence electrons. The molecule has 1 N–H and O–H groups in total. The highest BCUT2D eigenvalue weighted by molar-refractivity contribution is 7.92. The second-order valence-corrected chi connectivity index (χ2v) is 6.87. The third kappa shape index (κ3) is 2.37. The lowest BCUT2D eigenvalue weighted by Crippen LogP contribution is -2.41. The standard InChI is InChI=1S/C13H20N2O2S/c1-10-5-4-6-11(2)13(10)15-12(3)9-14-7-8-18(15,16)17/h4-6,12,14H,7-9H2,1-3H3. The van der Waals surface area contributed by atoms with Crippen LogP contribution in [0.25, 0.3) is 0 Å². The summed E-state index contributed by atoms with van der Waals surface area (Å²) in [5, 5.41) is 3.17. The van der Waals surface area contributed by atoms with Gasteiger partial charge in [0.05, 0.1) is 17.5 Å². The molecule has 0 bridgehead atoms. The zero-order valence-corrected chi connectivity index (χ0v) is 11.9. The van der Waals surface area contributed by atoms with Crippen LogP contribution in [0.4, 0.5) is 5.69 Å². The molecule has 0 radical (unpaired) electrons. The van der Waals surface area contributed by atoms with Crippen LogP contribution in [0.2, 0.25) is 0 Å². The van der Waals surface area contributed by atoms with E-state index in [0.717, 1.165) is 16.8 Å². The van der Waals surface area contributed by atoms with E-state index in [1.807, 2.05) is 39.0 Å². The molecule has 1 unspecified atom stereocenters. The number of nitrogens with one attached hydrogen (secondary N) is 1. The van der Waals surface area contributed by atoms with Gasteiger partial charge in [0.1, 0.15) is 0 Å². The molecule has 1 aliphatic heterocycles. The van der Waals surface area contributed by atoms with Gasteiger partial charge in [0.25, 0.3) is 0 Å². The number of sulfonamides is 1. The molecule has 0 amide bonds. The Kier molecular flexibility index (Phi) is 3.64. The Hall–Kier alpha value is -1.07. The number of hydrogen-bond donors (Lipinski definition) is 1. The highest BCUT2D eigenvalue weighted by Gasteiger charge is 2.31. The van der Waals surface area contributed by atoms with Crippen molar-refractivity contribution in [1.82, 2.24) is 5.32 Å². The number of nitrogens with zero attached hydrogens (tertiary/aromatic N) is 1. The first-order valence-corrected chi connectivity index (χ1v) is 7.83. The SMILES string of the molecule is Cc1cccc(C)c1N1C(C)CNCCS1(=O)=O. The van der Waals surface area contributed by atoms with Crippen molar-refractivity contribution in [3.8, 4) is 0 Å². The predicted octanol–water partition coefficient (Wildman–Crippen LogP) is 1.43. The van der Waals surface area contributed by atoms with Gasteiger partial charge in [-0.3, -0.25) is 4.31 Å². The monoisotopic (exact) mass is 268 g/mol. The van der Waals surface area contributed by atoms with E-state index in [0.29, 0.717) is 13.1 Å². The summed E-state index contributed by atoms with van der Waals surface area (Å²) in [5.74, 6) is 0.158. The Bertz CT molecular complexity index is 520. The molecule has 1 fully saturated rings. The van der Waals surface area contributed by atoms with Crippen LogP contribution in [0.3, 0.4) is 0 Å². The van der Waals surface area contributed by atoms with Gasteiger partial charge in [-0.15, -0.1) is 0 Å². The van der Waals surface area contributed by atoms with E-state index in [-0.39, 0.29) is 11.8 Å². The van der Waals surface area contributed by atoms with Crippen LogP contribution >= 0.6 is 0 Å². The number of anilines is 1. The normalized spacial score (nSPS) is 23.7. The summed E-state index contributed by atoms with van der Waals surface area (Å²) in [7, 11) is -3.24. The van der Waals surface area contributed by atoms with Crippen molar-refractivity contribution >= 4 is 15.7 Å². The molecular weight excluding hydrogens is 248 g/mol. The quantitative estimate of drug-likeness (QED) is 0.838. The number of rotatable bonds is 1. The third-order valence-electron chi connectivity index (χ3n) is 3.34. The minimum Gasteiger partial charge on any atom is -0.314 e. The van der Waals surface area contributed by atoms with E-state index in [9.17, 15) is 8.42 Å². The number of benzene rings is 1. The van der Waals surface area contributed by atoms with Crippen molar-refractivity contribution < 1.29 is 8.42 Å². The van der Waals surface area contributed by atoms with Crippen LogP contribution < -0.4 is 9.62 Å². The summed E-state index contributed by atoms with van der Waals surface area (Å²) in [6, 6.07) is 5.82. The van der Waals surface area contributed by atoms with Crippen LogP contribution in [0.1, 0.15) is 18.1 Å². The average Bonchev–Trinajstić information content (AvgIpc) is 2.40. The zero-order chi connectivity index (χ0) is 13.3. The van der Waals surface area contributed by atoms with E-state index in [4.69, 9.17) is 0 Å². The van der Waals surface area contributed by atoms with Gasteiger partial charge in [-0.1, -0.05) is 18.2 Å². The van der Waals surface area contributed by atoms with E-state index < -0.39 is 10.0 Å². The number of aryl methyl sites for hydroxylation is 2. The van der Waals surface area contributed by atoms with Crippen LogP contribution in [0.5, 0.6) is 0 Å². The summed E-state index contributed by atoms with van der Waals surface area (Å²) >= 11 is 0. The molecular formula is C13H20N2O2S. The molecule has 0 saturated carbocycles. The largest absolute Gasteiger partial charge is 0.314 e. The Morgan fingerprint density at radius 3 is 2.50 bits per heavy atom. The Balaban J connectivity index is 2.58. The lowest BCUT2D eigenvalue weighted by Gasteiger charge is -2.30. The number of hydrogen-bond acceptors (Lipinski definition) is 3. The van der Waals surface area contributed by atoms with Gasteiger partial charge in [-0.2, -0.15) is 0 Å². The Morgan fingerprint density at radius 1 is 1.28 bits per heavy atom. The fraction of sp³-hybridized carbons (Fsp3) is 0.538. The molecule has 1 saturated heterocycles. The molecule has 18 heavy (non-hydrogen) atoms. The molecule has 1 heterocycles. The van der Waals surface area contributed by atoms with E-state index in [2.05, 4.69) is 5.32 Å². The molecule has 1 aliphatic rings. The van der Waals surface area contributed by atoms with Gasteiger partial charge < -0.3 is 5.32 Å². The minimum atomic E-state index is -3.24. The molecule has 1 aromatic rings. The predicted molar refractivity (Wildman–Crippen MR) is 74.5 cm³/mol. The summed E-state index contributed by atoms with van der Waals surface area (Å²) < 4.78 is 26.4. The van der Waals surface area contributed by atoms with Gasteiger partial charge in [-0.25, -0.2) is 8.42 Å². The van der Waals surface area contributed by atoms with Crippen LogP contribution in [-0.2, 0) is 10.0 Å². The van der Waals surface area contributed by atoms with E-state index in [1.165, 1.54) is 0 Å². The fourth-order valence-corrected chi connectivity index (χ4v) is 4.27. The molecule has 1 atom stereocenters. The van der Waals surface area contributed by atoms with Gasteiger partial charge in [0.2, 0.25) is 10.0 Å². The highest BCUT2D eigenvalue weighted by Crippen LogP contribution is 2.29. The smallest absolute Gasteiger partial charge is 0.236 e. The molecule has 4 nitrogen and oxygen atoms in total. The zero-order valence-electron chi connectivity index (χ0n) is 11.1. The van der Waals surface area contributed by atoms with Gasteiger partial charge in [0, 0.05) is 13.1 Å². The van der Waals surface area contributed by atoms with Crippen LogP contribution in [-0.4, -0.2) is 33.3 Å². The molecule has 0 spiro atoms. The second kappa shape index (κ2) is 4.90. The Labute approximate surface area is 109 Å². The van der Waals surface area contributed by atoms with E-state index in [1.54, 1.807) is 4.31 Å². The van der Waals surface area contributed by atoms with Crippen molar-refractivity contribution in [1.29, 1.82) is 0 Å². The van der Waals surface area contributed by atoms with Crippen molar-refractivity contribution in [3.63, 3.8) is 0 Å². The second-order valence-electron chi connectivity index (χ2n) is 4.91. The maximum Gasteiger partial charge on any atom is 0.236 e. The van der Waals surface area contributed by atoms with Crippen LogP contribution in [0, 0.1) is 13.8 Å². The first-order chi connectivity index (χ1) is 8.43. The maximum atomic E-state index is 12.4. The van der Waals surface area contributed by atoms with E-state index >= 15 is 0 Å². The van der Waals surface area contributed by atoms with Crippen molar-refractivity contribution in [2.24, 2.45) is 0 Å². The van der Waals surface area contributed by atoms with Crippen molar-refractivity contribution in [2.45, 2.75) is 26.8 Å². The first kappa shape index (κ1) is 13.4. The Morgan fingerprint density at radius 2 is 1.89 bits per heavy atom. The minimum absolute atomic E-state index is 0.0581. The molecule has 2 rings (SSSR count). The highest BCUT2D eigenvalue weighted by atomic mass is 32.2. The molecule has 0 aliphatic carbocycles. The topological polar surface area (TPSA) is 49.4 Å². The van der Waals surface area contributed by atoms with Crippen molar-refractivity contribution in [2.75, 3.05) is 23.1 Å². The summed E-state index contributed by atoms with van der Waals surface area (Å²) in [5.41, 5.74) is 2.85. The fourth-order valence-electron chi connectivity index (χ4n) is 2.48. The maximum absolute atomic E-state index is 12.4. The molecule has 5 heteroatoms. The van der Waals surface area contributed by atoms with Gasteiger partial charge in [-0.05, 0) is 31.9 Å². The molecule has 0 aromatic heterocycles. The molecule has 1 aromatic carbocycles. The summed E-state index contributed by atoms with van der Waals surface area (Å²) in [6.07, 6.45) is 0. The first-order valence-electron chi connectivity index (χ1n) is 6.22. The van der Waals surface area contributed by atoms with Crippen molar-refractivity contribution in [3.05, 3.63) is 29.3 Å².